The first-order valence-corrected chi connectivity index (χ1v) is 5.01. The van der Waals surface area contributed by atoms with Crippen molar-refractivity contribution in [1.82, 2.24) is 0 Å². The van der Waals surface area contributed by atoms with Gasteiger partial charge in [-0.25, -0.2) is 0 Å². The highest BCUT2D eigenvalue weighted by atomic mass is 16.3. The maximum Gasteiger partial charge on any atom is 0.138 e. The predicted octanol–water partition coefficient (Wildman–Crippen LogP) is 2.97. The Labute approximate surface area is 98.4 Å². The molecule has 0 aliphatic heterocycles. The largest absolute Gasteiger partial charge is 0.506 e. The first kappa shape index (κ1) is 10.9. The van der Waals surface area contributed by atoms with Crippen molar-refractivity contribution in [2.24, 2.45) is 10.2 Å². The standard InChI is InChI=1S/C12H12N4O/c13-9-3-1-2-4-11(9)16-15-8-5-6-12(17)10(14)7-8/h1-7,17H,13-14H2. The lowest BCUT2D eigenvalue weighted by molar-refractivity contribution is 0.478. The van der Waals surface area contributed by atoms with Crippen LogP contribution in [-0.4, -0.2) is 5.11 Å². The Hall–Kier alpha value is -2.56. The summed E-state index contributed by atoms with van der Waals surface area (Å²) in [5, 5.41) is 17.3. The lowest BCUT2D eigenvalue weighted by atomic mass is 10.2. The molecular weight excluding hydrogens is 216 g/mol. The number of nitrogens with zero attached hydrogens (tertiary/aromatic N) is 2. The lowest BCUT2D eigenvalue weighted by Crippen LogP contribution is -1.84. The van der Waals surface area contributed by atoms with Gasteiger partial charge in [-0.2, -0.15) is 5.11 Å². The molecule has 0 atom stereocenters. The van der Waals surface area contributed by atoms with Crippen LogP contribution in [0.15, 0.2) is 52.7 Å². The van der Waals surface area contributed by atoms with Gasteiger partial charge in [-0.05, 0) is 30.3 Å². The van der Waals surface area contributed by atoms with E-state index in [1.165, 1.54) is 12.1 Å². The molecule has 0 amide bonds. The van der Waals surface area contributed by atoms with Crippen molar-refractivity contribution in [3.05, 3.63) is 42.5 Å². The number of aromatic hydroxyl groups is 1. The molecule has 5 N–H and O–H groups in total. The van der Waals surface area contributed by atoms with Gasteiger partial charge in [0.25, 0.3) is 0 Å². The molecule has 17 heavy (non-hydrogen) atoms. The van der Waals surface area contributed by atoms with Crippen molar-refractivity contribution in [2.45, 2.75) is 0 Å². The van der Waals surface area contributed by atoms with Gasteiger partial charge in [-0.1, -0.05) is 12.1 Å². The third-order valence-electron chi connectivity index (χ3n) is 2.22. The van der Waals surface area contributed by atoms with E-state index in [9.17, 15) is 5.11 Å². The van der Waals surface area contributed by atoms with Crippen LogP contribution in [0.25, 0.3) is 0 Å². The van der Waals surface area contributed by atoms with Gasteiger partial charge in [0.05, 0.1) is 17.1 Å². The molecular formula is C12H12N4O. The van der Waals surface area contributed by atoms with E-state index in [1.807, 2.05) is 12.1 Å². The van der Waals surface area contributed by atoms with E-state index in [1.54, 1.807) is 18.2 Å². The van der Waals surface area contributed by atoms with E-state index in [0.29, 0.717) is 17.1 Å². The Morgan fingerprint density at radius 1 is 0.882 bits per heavy atom. The summed E-state index contributed by atoms with van der Waals surface area (Å²) >= 11 is 0. The zero-order valence-corrected chi connectivity index (χ0v) is 9.04. The number of azo groups is 1. The number of nitrogen functional groups attached to an aromatic ring is 2. The van der Waals surface area contributed by atoms with Gasteiger partial charge in [0, 0.05) is 0 Å². The number of anilines is 2. The molecule has 86 valence electrons. The first-order chi connectivity index (χ1) is 8.16. The Bertz CT molecular complexity index is 566. The van der Waals surface area contributed by atoms with Gasteiger partial charge >= 0.3 is 0 Å². The van der Waals surface area contributed by atoms with Crippen LogP contribution in [0.3, 0.4) is 0 Å². The third-order valence-corrected chi connectivity index (χ3v) is 2.22. The Balaban J connectivity index is 2.26. The molecule has 0 heterocycles. The Morgan fingerprint density at radius 2 is 1.65 bits per heavy atom. The van der Waals surface area contributed by atoms with Crippen LogP contribution in [0.5, 0.6) is 5.75 Å². The molecule has 2 rings (SSSR count). The van der Waals surface area contributed by atoms with Crippen LogP contribution in [0.2, 0.25) is 0 Å². The molecule has 5 heteroatoms. The normalized spacial score (nSPS) is 10.8. The summed E-state index contributed by atoms with van der Waals surface area (Å²) in [4.78, 5) is 0. The molecule has 0 spiro atoms. The van der Waals surface area contributed by atoms with Crippen molar-refractivity contribution in [3.8, 4) is 5.75 Å². The fourth-order valence-corrected chi connectivity index (χ4v) is 1.29. The van der Waals surface area contributed by atoms with Crippen molar-refractivity contribution in [3.63, 3.8) is 0 Å². The molecule has 0 aromatic heterocycles. The summed E-state index contributed by atoms with van der Waals surface area (Å²) < 4.78 is 0. The maximum atomic E-state index is 9.26. The number of para-hydroxylation sites is 1. The minimum Gasteiger partial charge on any atom is -0.506 e. The Kier molecular flexibility index (Phi) is 2.91. The summed E-state index contributed by atoms with van der Waals surface area (Å²) in [5.74, 6) is 0.0307. The molecule has 0 fully saturated rings. The number of phenols is 1. The molecule has 2 aromatic carbocycles. The highest BCUT2D eigenvalue weighted by Crippen LogP contribution is 2.28. The molecule has 0 saturated carbocycles. The van der Waals surface area contributed by atoms with Gasteiger partial charge in [0.2, 0.25) is 0 Å². The second-order valence-electron chi connectivity index (χ2n) is 3.50. The number of benzene rings is 2. The quantitative estimate of drug-likeness (QED) is 0.418. The summed E-state index contributed by atoms with van der Waals surface area (Å²) in [6, 6.07) is 11.8. The van der Waals surface area contributed by atoms with E-state index in [-0.39, 0.29) is 11.4 Å². The summed E-state index contributed by atoms with van der Waals surface area (Å²) in [6.07, 6.45) is 0. The Morgan fingerprint density at radius 3 is 2.35 bits per heavy atom. The van der Waals surface area contributed by atoms with Gasteiger partial charge in [0.15, 0.2) is 0 Å². The monoisotopic (exact) mass is 228 g/mol. The van der Waals surface area contributed by atoms with Crippen LogP contribution in [0.1, 0.15) is 0 Å². The van der Waals surface area contributed by atoms with Crippen LogP contribution < -0.4 is 11.5 Å². The SMILES string of the molecule is Nc1cc(N=Nc2ccccc2N)ccc1O. The van der Waals surface area contributed by atoms with Crippen LogP contribution in [0.4, 0.5) is 22.7 Å². The minimum absolute atomic E-state index is 0.0307. The molecule has 2 aromatic rings. The van der Waals surface area contributed by atoms with Gasteiger partial charge in [0.1, 0.15) is 11.4 Å². The highest BCUT2D eigenvalue weighted by Gasteiger charge is 1.98. The van der Waals surface area contributed by atoms with Crippen molar-refractivity contribution >= 4 is 22.7 Å². The van der Waals surface area contributed by atoms with E-state index in [4.69, 9.17) is 11.5 Å². The molecule has 0 aliphatic carbocycles. The van der Waals surface area contributed by atoms with E-state index in [0.717, 1.165) is 0 Å². The average molecular weight is 228 g/mol. The number of phenolic OH excluding ortho intramolecular Hbond substituents is 1. The maximum absolute atomic E-state index is 9.26. The number of hydrogen-bond acceptors (Lipinski definition) is 5. The van der Waals surface area contributed by atoms with Crippen LogP contribution >= 0.6 is 0 Å². The van der Waals surface area contributed by atoms with Crippen LogP contribution in [-0.2, 0) is 0 Å². The van der Waals surface area contributed by atoms with Crippen molar-refractivity contribution < 1.29 is 5.11 Å². The van der Waals surface area contributed by atoms with Crippen molar-refractivity contribution in [1.29, 1.82) is 0 Å². The molecule has 0 radical (unpaired) electrons. The summed E-state index contributed by atoms with van der Waals surface area (Å²) in [5.41, 5.74) is 13.2. The average Bonchev–Trinajstić information content (AvgIpc) is 2.32. The van der Waals surface area contributed by atoms with E-state index < -0.39 is 0 Å². The van der Waals surface area contributed by atoms with Gasteiger partial charge in [-0.3, -0.25) is 0 Å². The first-order valence-electron chi connectivity index (χ1n) is 5.01. The fraction of sp³-hybridized carbons (Fsp3) is 0. The van der Waals surface area contributed by atoms with Crippen molar-refractivity contribution in [2.75, 3.05) is 11.5 Å². The lowest BCUT2D eigenvalue weighted by Gasteiger charge is -1.99. The van der Waals surface area contributed by atoms with E-state index >= 15 is 0 Å². The second kappa shape index (κ2) is 4.52. The molecule has 0 saturated heterocycles. The number of nitrogens with two attached hydrogens (primary N) is 2. The molecule has 0 aliphatic rings. The second-order valence-corrected chi connectivity index (χ2v) is 3.50. The molecule has 0 unspecified atom stereocenters. The minimum atomic E-state index is 0.0307. The summed E-state index contributed by atoms with van der Waals surface area (Å²) in [7, 11) is 0. The smallest absolute Gasteiger partial charge is 0.138 e. The number of hydrogen-bond donors (Lipinski definition) is 3. The van der Waals surface area contributed by atoms with E-state index in [2.05, 4.69) is 10.2 Å². The number of rotatable bonds is 2. The van der Waals surface area contributed by atoms with Gasteiger partial charge < -0.3 is 16.6 Å². The topological polar surface area (TPSA) is 97.0 Å². The highest BCUT2D eigenvalue weighted by molar-refractivity contribution is 5.62. The summed E-state index contributed by atoms with van der Waals surface area (Å²) in [6.45, 7) is 0. The molecule has 5 nitrogen and oxygen atoms in total. The van der Waals surface area contributed by atoms with Gasteiger partial charge in [-0.15, -0.1) is 5.11 Å². The zero-order chi connectivity index (χ0) is 12.3. The fourth-order valence-electron chi connectivity index (χ4n) is 1.29. The van der Waals surface area contributed by atoms with Crippen LogP contribution in [0, 0.1) is 0 Å². The molecule has 0 bridgehead atoms. The zero-order valence-electron chi connectivity index (χ0n) is 9.04. The predicted molar refractivity (Wildman–Crippen MR) is 67.5 cm³/mol. The third kappa shape index (κ3) is 2.52.